The lowest BCUT2D eigenvalue weighted by Gasteiger charge is -2.12. The number of fused-ring (bicyclic) bond motifs is 1. The smallest absolute Gasteiger partial charge is 0.336 e. The van der Waals surface area contributed by atoms with Crippen LogP contribution in [0.3, 0.4) is 0 Å². The number of nitrogens with zero attached hydrogens (tertiary/aromatic N) is 3. The van der Waals surface area contributed by atoms with Crippen molar-refractivity contribution in [3.63, 3.8) is 0 Å². The van der Waals surface area contributed by atoms with Crippen LogP contribution in [0.1, 0.15) is 27.3 Å². The number of allylic oxidation sites excluding steroid dienone is 4. The van der Waals surface area contributed by atoms with E-state index < -0.39 is 5.97 Å². The first-order valence-electron chi connectivity index (χ1n) is 9.74. The number of aromatic nitrogens is 3. The van der Waals surface area contributed by atoms with Crippen molar-refractivity contribution >= 4 is 22.7 Å². The fourth-order valence-corrected chi connectivity index (χ4v) is 3.74. The minimum absolute atomic E-state index is 0.302. The van der Waals surface area contributed by atoms with Crippen LogP contribution in [0.25, 0.3) is 27.9 Å². The lowest BCUT2D eigenvalue weighted by Crippen LogP contribution is -2.06. The van der Waals surface area contributed by atoms with E-state index >= 15 is 0 Å². The number of rotatable bonds is 5. The minimum atomic E-state index is -0.924. The van der Waals surface area contributed by atoms with Crippen molar-refractivity contribution in [2.45, 2.75) is 13.5 Å². The predicted molar refractivity (Wildman–Crippen MR) is 117 cm³/mol. The van der Waals surface area contributed by atoms with Crippen LogP contribution in [-0.4, -0.2) is 25.6 Å². The molecule has 0 bridgehead atoms. The van der Waals surface area contributed by atoms with Crippen LogP contribution >= 0.6 is 0 Å². The number of pyridine rings is 1. The summed E-state index contributed by atoms with van der Waals surface area (Å²) in [7, 11) is 0. The van der Waals surface area contributed by atoms with Gasteiger partial charge in [0.1, 0.15) is 11.3 Å². The van der Waals surface area contributed by atoms with Crippen molar-refractivity contribution in [2.75, 3.05) is 0 Å². The highest BCUT2D eigenvalue weighted by Gasteiger charge is 2.18. The van der Waals surface area contributed by atoms with E-state index in [1.54, 1.807) is 12.1 Å². The van der Waals surface area contributed by atoms with E-state index in [9.17, 15) is 9.90 Å². The molecule has 2 heterocycles. The number of carboxylic acid groups (broad SMARTS) is 1. The van der Waals surface area contributed by atoms with Crippen molar-refractivity contribution in [3.05, 3.63) is 102 Å². The molecule has 0 saturated heterocycles. The highest BCUT2D eigenvalue weighted by molar-refractivity contribution is 5.96. The molecule has 146 valence electrons. The first kappa shape index (κ1) is 18.1. The number of carboxylic acids is 1. The first-order valence-corrected chi connectivity index (χ1v) is 9.74. The maximum Gasteiger partial charge on any atom is 0.336 e. The summed E-state index contributed by atoms with van der Waals surface area (Å²) in [6.45, 7) is 2.68. The molecule has 1 aliphatic rings. The number of aromatic carboxylic acids is 1. The third-order valence-electron chi connectivity index (χ3n) is 5.41. The van der Waals surface area contributed by atoms with Gasteiger partial charge >= 0.3 is 5.97 Å². The number of hydrogen-bond donors (Lipinski definition) is 1. The number of benzene rings is 2. The van der Waals surface area contributed by atoms with Crippen LogP contribution in [0, 0.1) is 6.92 Å². The minimum Gasteiger partial charge on any atom is -0.478 e. The van der Waals surface area contributed by atoms with Gasteiger partial charge in [0.25, 0.3) is 0 Å². The average molecular weight is 393 g/mol. The Hall–Kier alpha value is -3.99. The van der Waals surface area contributed by atoms with Gasteiger partial charge in [-0.05, 0) is 41.3 Å². The van der Waals surface area contributed by atoms with Gasteiger partial charge in [-0.3, -0.25) is 0 Å². The molecule has 0 unspecified atom stereocenters. The van der Waals surface area contributed by atoms with Gasteiger partial charge < -0.3 is 9.67 Å². The second kappa shape index (κ2) is 7.12. The standard InChI is InChI=1S/C25H19N3O2/c1-16-13-14-26-24-22(16)27-23(19-5-4-6-19)28(24)15-17-9-11-18(12-10-17)20-7-2-3-8-21(20)25(29)30/h2-14H,15H2,1H3,(H,29,30). The summed E-state index contributed by atoms with van der Waals surface area (Å²) in [6, 6.07) is 17.0. The summed E-state index contributed by atoms with van der Waals surface area (Å²) in [5, 5.41) is 9.46. The zero-order valence-corrected chi connectivity index (χ0v) is 16.4. The molecule has 30 heavy (non-hydrogen) atoms. The largest absolute Gasteiger partial charge is 0.478 e. The Morgan fingerprint density at radius 2 is 1.83 bits per heavy atom. The normalized spacial score (nSPS) is 12.6. The number of hydrogen-bond acceptors (Lipinski definition) is 3. The molecule has 5 heteroatoms. The molecule has 1 aliphatic carbocycles. The van der Waals surface area contributed by atoms with Gasteiger partial charge in [-0.2, -0.15) is 0 Å². The first-order chi connectivity index (χ1) is 14.6. The molecule has 1 N–H and O–H groups in total. The van der Waals surface area contributed by atoms with E-state index in [-0.39, 0.29) is 0 Å². The second-order valence-corrected chi connectivity index (χ2v) is 7.35. The van der Waals surface area contributed by atoms with Crippen molar-refractivity contribution in [1.29, 1.82) is 0 Å². The SMILES string of the molecule is Cc1ccnc2c1nc(C1=CC=C1)n2Cc1ccc(-c2ccccc2C(=O)O)cc1. The molecular formula is C25H19N3O2. The zero-order chi connectivity index (χ0) is 20.7. The molecule has 0 radical (unpaired) electrons. The van der Waals surface area contributed by atoms with E-state index in [1.165, 1.54) is 0 Å². The van der Waals surface area contributed by atoms with Crippen molar-refractivity contribution < 1.29 is 9.90 Å². The Morgan fingerprint density at radius 3 is 2.53 bits per heavy atom. The van der Waals surface area contributed by atoms with Crippen LogP contribution in [0.5, 0.6) is 0 Å². The molecule has 0 atom stereocenters. The van der Waals surface area contributed by atoms with Gasteiger partial charge in [-0.25, -0.2) is 14.8 Å². The zero-order valence-electron chi connectivity index (χ0n) is 16.4. The molecule has 0 amide bonds. The van der Waals surface area contributed by atoms with Crippen LogP contribution in [0.2, 0.25) is 0 Å². The molecule has 4 aromatic rings. The van der Waals surface area contributed by atoms with Gasteiger partial charge in [0, 0.05) is 11.8 Å². The average Bonchev–Trinajstić information content (AvgIpc) is 3.07. The molecule has 0 fully saturated rings. The number of aryl methyl sites for hydroxylation is 1. The lowest BCUT2D eigenvalue weighted by atomic mass is 9.98. The summed E-state index contributed by atoms with van der Waals surface area (Å²) < 4.78 is 2.14. The van der Waals surface area contributed by atoms with E-state index in [0.717, 1.165) is 39.3 Å². The Kier molecular flexibility index (Phi) is 4.29. The summed E-state index contributed by atoms with van der Waals surface area (Å²) in [4.78, 5) is 21.0. The molecule has 2 aromatic carbocycles. The fraction of sp³-hybridized carbons (Fsp3) is 0.0800. The molecular weight excluding hydrogens is 374 g/mol. The summed E-state index contributed by atoms with van der Waals surface area (Å²) in [5.41, 5.74) is 6.98. The van der Waals surface area contributed by atoms with E-state index in [2.05, 4.69) is 21.7 Å². The van der Waals surface area contributed by atoms with E-state index in [0.29, 0.717) is 17.7 Å². The quantitative estimate of drug-likeness (QED) is 0.512. The molecule has 5 rings (SSSR count). The Balaban J connectivity index is 1.53. The Morgan fingerprint density at radius 1 is 1.07 bits per heavy atom. The van der Waals surface area contributed by atoms with E-state index in [4.69, 9.17) is 4.98 Å². The van der Waals surface area contributed by atoms with Crippen LogP contribution < -0.4 is 0 Å². The topological polar surface area (TPSA) is 68.0 Å². The van der Waals surface area contributed by atoms with Crippen molar-refractivity contribution in [3.8, 4) is 11.1 Å². The fourth-order valence-electron chi connectivity index (χ4n) is 3.74. The monoisotopic (exact) mass is 393 g/mol. The van der Waals surface area contributed by atoms with Crippen molar-refractivity contribution in [2.24, 2.45) is 0 Å². The van der Waals surface area contributed by atoms with Gasteiger partial charge in [0.2, 0.25) is 0 Å². The lowest BCUT2D eigenvalue weighted by molar-refractivity contribution is 0.0697. The van der Waals surface area contributed by atoms with Gasteiger partial charge in [-0.15, -0.1) is 0 Å². The number of carbonyl (C=O) groups is 1. The van der Waals surface area contributed by atoms with Crippen LogP contribution in [-0.2, 0) is 6.54 Å². The molecule has 0 saturated carbocycles. The third kappa shape index (κ3) is 3.01. The van der Waals surface area contributed by atoms with E-state index in [1.807, 2.05) is 61.7 Å². The van der Waals surface area contributed by atoms with Gasteiger partial charge in [0.05, 0.1) is 12.1 Å². The highest BCUT2D eigenvalue weighted by atomic mass is 16.4. The maximum atomic E-state index is 11.5. The maximum absolute atomic E-state index is 11.5. The molecule has 0 aliphatic heterocycles. The van der Waals surface area contributed by atoms with Gasteiger partial charge in [0.15, 0.2) is 5.65 Å². The predicted octanol–water partition coefficient (Wildman–Crippen LogP) is 5.11. The van der Waals surface area contributed by atoms with Crippen LogP contribution in [0.15, 0.2) is 79.0 Å². The Labute approximate surface area is 173 Å². The van der Waals surface area contributed by atoms with Crippen LogP contribution in [0.4, 0.5) is 0 Å². The highest BCUT2D eigenvalue weighted by Crippen LogP contribution is 2.28. The summed E-state index contributed by atoms with van der Waals surface area (Å²) >= 11 is 0. The second-order valence-electron chi connectivity index (χ2n) is 7.35. The number of imidazole rings is 1. The molecule has 2 aromatic heterocycles. The molecule has 0 spiro atoms. The summed E-state index contributed by atoms with van der Waals surface area (Å²) in [5.74, 6) is -0.0120. The summed E-state index contributed by atoms with van der Waals surface area (Å²) in [6.07, 6.45) is 7.93. The third-order valence-corrected chi connectivity index (χ3v) is 5.41. The van der Waals surface area contributed by atoms with Crippen molar-refractivity contribution in [1.82, 2.24) is 14.5 Å². The Bertz CT molecular complexity index is 1340. The molecule has 5 nitrogen and oxygen atoms in total. The van der Waals surface area contributed by atoms with Gasteiger partial charge in [-0.1, -0.05) is 60.7 Å².